The van der Waals surface area contributed by atoms with Gasteiger partial charge in [0.25, 0.3) is 0 Å². The van der Waals surface area contributed by atoms with E-state index in [9.17, 15) is 19.2 Å². The second-order valence-electron chi connectivity index (χ2n) is 10.3. The van der Waals surface area contributed by atoms with Gasteiger partial charge in [0, 0.05) is 17.9 Å². The molecule has 0 saturated heterocycles. The number of nitrogens with one attached hydrogen (secondary N) is 2. The van der Waals surface area contributed by atoms with Crippen molar-refractivity contribution in [2.24, 2.45) is 5.73 Å². The Morgan fingerprint density at radius 3 is 1.82 bits per heavy atom. The minimum Gasteiger partial charge on any atom is -0.480 e. The molecule has 0 heterocycles. The van der Waals surface area contributed by atoms with Crippen LogP contribution in [0.5, 0.6) is 0 Å². The molecule has 0 aromatic rings. The Labute approximate surface area is 243 Å². The summed E-state index contributed by atoms with van der Waals surface area (Å²) in [6, 6.07) is -2.11. The highest BCUT2D eigenvalue weighted by Crippen LogP contribution is 2.14. The van der Waals surface area contributed by atoms with Crippen LogP contribution < -0.4 is 16.4 Å². The number of amides is 2. The summed E-state index contributed by atoms with van der Waals surface area (Å²) in [5, 5.41) is 22.5. The van der Waals surface area contributed by atoms with E-state index < -0.39 is 42.4 Å². The van der Waals surface area contributed by atoms with E-state index in [4.69, 9.17) is 15.9 Å². The van der Waals surface area contributed by atoms with Gasteiger partial charge in [-0.1, -0.05) is 46.6 Å². The maximum absolute atomic E-state index is 12.4. The van der Waals surface area contributed by atoms with Crippen LogP contribution in [0.1, 0.15) is 86.0 Å². The smallest absolute Gasteiger partial charge is 0.322 e. The van der Waals surface area contributed by atoms with Crippen molar-refractivity contribution < 1.29 is 29.4 Å². The molecule has 0 bridgehead atoms. The molecule has 2 amide bonds. The Balaban J connectivity index is 4.61. The number of carbonyl (C=O) groups is 4. The van der Waals surface area contributed by atoms with Crippen LogP contribution in [0.4, 0.5) is 0 Å². The zero-order valence-corrected chi connectivity index (χ0v) is 25.6. The average molecular weight is 580 g/mol. The van der Waals surface area contributed by atoms with E-state index in [1.807, 2.05) is 0 Å². The van der Waals surface area contributed by atoms with Crippen LogP contribution in [-0.2, 0) is 19.2 Å². The number of hydrogen-bond acceptors (Lipinski definition) is 6. The topological polar surface area (TPSA) is 159 Å². The second-order valence-corrected chi connectivity index (χ2v) is 11.4. The first-order chi connectivity index (χ1) is 18.8. The number of carbonyl (C=O) groups excluding carboxylic acids is 2. The molecule has 0 rings (SSSR count). The van der Waals surface area contributed by atoms with Crippen molar-refractivity contribution in [2.45, 2.75) is 98.1 Å². The van der Waals surface area contributed by atoms with Gasteiger partial charge < -0.3 is 26.6 Å². The van der Waals surface area contributed by atoms with Crippen LogP contribution >= 0.6 is 11.8 Å². The van der Waals surface area contributed by atoms with Crippen LogP contribution in [0.15, 0.2) is 46.6 Å². The maximum atomic E-state index is 12.4. The van der Waals surface area contributed by atoms with E-state index in [0.29, 0.717) is 5.75 Å². The molecular weight excluding hydrogens is 530 g/mol. The maximum Gasteiger partial charge on any atom is 0.322 e. The molecule has 2 atom stereocenters. The molecule has 0 spiro atoms. The lowest BCUT2D eigenvalue weighted by Crippen LogP contribution is -2.49. The fraction of sp³-hybridized carbons (Fsp3) is 0.600. The summed E-state index contributed by atoms with van der Waals surface area (Å²) < 4.78 is 0. The molecule has 226 valence electrons. The molecule has 0 aliphatic heterocycles. The highest BCUT2D eigenvalue weighted by molar-refractivity contribution is 7.99. The van der Waals surface area contributed by atoms with E-state index in [-0.39, 0.29) is 18.6 Å². The summed E-state index contributed by atoms with van der Waals surface area (Å²) in [5.41, 5.74) is 10.8. The van der Waals surface area contributed by atoms with E-state index in [1.165, 1.54) is 34.1 Å². The third-order valence-electron chi connectivity index (χ3n) is 6.05. The molecule has 10 heteroatoms. The lowest BCUT2D eigenvalue weighted by molar-refractivity contribution is -0.139. The number of thioether (sulfide) groups is 1. The lowest BCUT2D eigenvalue weighted by atomic mass is 10.0. The van der Waals surface area contributed by atoms with Crippen LogP contribution in [0.25, 0.3) is 0 Å². The quantitative estimate of drug-likeness (QED) is 0.0963. The fourth-order valence-electron chi connectivity index (χ4n) is 3.52. The first-order valence-corrected chi connectivity index (χ1v) is 14.9. The molecule has 6 N–H and O–H groups in total. The number of allylic oxidation sites excluding steroid dienone is 7. The number of hydrogen-bond donors (Lipinski definition) is 5. The number of nitrogens with two attached hydrogens (primary N) is 1. The number of rotatable bonds is 21. The fourth-order valence-corrected chi connectivity index (χ4v) is 4.53. The number of aliphatic carboxylic acids is 2. The SMILES string of the molecule is CC(C)=CCCC(C)=CCCC(C)=CCCC(C)=CCSCC(NC(=O)CCC(N)C(=O)O)C(=O)NCC(=O)O. The standard InChI is InChI=1S/C30H49N3O6S/c1-21(2)9-6-10-22(3)11-7-12-23(4)13-8-14-24(5)17-18-40-20-26(29(37)32-19-28(35)36)33-27(34)16-15-25(31)30(38)39/h9,11,13,17,25-26H,6-8,10,12,14-16,18-20,31H2,1-5H3,(H,32,37)(H,33,34)(H,35,36)(H,38,39). The Morgan fingerprint density at radius 1 is 0.800 bits per heavy atom. The number of carboxylic acid groups (broad SMARTS) is 2. The Bertz CT molecular complexity index is 951. The zero-order chi connectivity index (χ0) is 30.5. The minimum atomic E-state index is -1.21. The van der Waals surface area contributed by atoms with Crippen LogP contribution in [0, 0.1) is 0 Å². The van der Waals surface area contributed by atoms with Gasteiger partial charge in [0.05, 0.1) is 0 Å². The average Bonchev–Trinajstić information content (AvgIpc) is 2.87. The summed E-state index contributed by atoms with van der Waals surface area (Å²) in [7, 11) is 0. The molecule has 0 fully saturated rings. The van der Waals surface area contributed by atoms with Gasteiger partial charge in [-0.05, 0) is 79.6 Å². The third-order valence-corrected chi connectivity index (χ3v) is 7.02. The van der Waals surface area contributed by atoms with Gasteiger partial charge in [-0.3, -0.25) is 19.2 Å². The van der Waals surface area contributed by atoms with E-state index in [1.54, 1.807) is 0 Å². The lowest BCUT2D eigenvalue weighted by Gasteiger charge is -2.18. The van der Waals surface area contributed by atoms with Gasteiger partial charge >= 0.3 is 11.9 Å². The Morgan fingerprint density at radius 2 is 1.32 bits per heavy atom. The molecule has 40 heavy (non-hydrogen) atoms. The first kappa shape index (κ1) is 37.1. The molecule has 0 saturated carbocycles. The monoisotopic (exact) mass is 579 g/mol. The van der Waals surface area contributed by atoms with Crippen molar-refractivity contribution in [3.63, 3.8) is 0 Å². The van der Waals surface area contributed by atoms with Crippen molar-refractivity contribution >= 4 is 35.5 Å². The van der Waals surface area contributed by atoms with Crippen molar-refractivity contribution in [1.29, 1.82) is 0 Å². The summed E-state index contributed by atoms with van der Waals surface area (Å²) in [5.74, 6) is -2.65. The van der Waals surface area contributed by atoms with Crippen molar-refractivity contribution in [3.8, 4) is 0 Å². The summed E-state index contributed by atoms with van der Waals surface area (Å²) in [4.78, 5) is 46.2. The van der Waals surface area contributed by atoms with Gasteiger partial charge in [0.2, 0.25) is 11.8 Å². The largest absolute Gasteiger partial charge is 0.480 e. The van der Waals surface area contributed by atoms with Crippen molar-refractivity contribution in [2.75, 3.05) is 18.1 Å². The highest BCUT2D eigenvalue weighted by Gasteiger charge is 2.22. The normalized spacial score (nSPS) is 13.8. The van der Waals surface area contributed by atoms with Gasteiger partial charge in [-0.15, -0.1) is 0 Å². The molecule has 0 aromatic carbocycles. The second kappa shape index (κ2) is 21.9. The molecule has 0 aromatic heterocycles. The van der Waals surface area contributed by atoms with Crippen LogP contribution in [-0.4, -0.2) is 64.1 Å². The zero-order valence-electron chi connectivity index (χ0n) is 24.8. The van der Waals surface area contributed by atoms with Gasteiger partial charge in [-0.25, -0.2) is 0 Å². The number of carboxylic acids is 2. The van der Waals surface area contributed by atoms with Gasteiger partial charge in [0.1, 0.15) is 18.6 Å². The van der Waals surface area contributed by atoms with Gasteiger partial charge in [0.15, 0.2) is 0 Å². The summed E-state index contributed by atoms with van der Waals surface area (Å²) >= 11 is 1.44. The van der Waals surface area contributed by atoms with Crippen LogP contribution in [0.3, 0.4) is 0 Å². The van der Waals surface area contributed by atoms with Gasteiger partial charge in [-0.2, -0.15) is 11.8 Å². The van der Waals surface area contributed by atoms with Crippen molar-refractivity contribution in [3.05, 3.63) is 46.6 Å². The van der Waals surface area contributed by atoms with Crippen molar-refractivity contribution in [1.82, 2.24) is 10.6 Å². The van der Waals surface area contributed by atoms with E-state index in [2.05, 4.69) is 69.6 Å². The summed E-state index contributed by atoms with van der Waals surface area (Å²) in [6.45, 7) is 10.1. The highest BCUT2D eigenvalue weighted by atomic mass is 32.2. The molecular formula is C30H49N3O6S. The van der Waals surface area contributed by atoms with Crippen LogP contribution in [0.2, 0.25) is 0 Å². The Hall–Kier alpha value is -2.85. The molecule has 9 nitrogen and oxygen atoms in total. The predicted molar refractivity (Wildman–Crippen MR) is 163 cm³/mol. The predicted octanol–water partition coefficient (Wildman–Crippen LogP) is 4.74. The van der Waals surface area contributed by atoms with E-state index >= 15 is 0 Å². The molecule has 0 radical (unpaired) electrons. The minimum absolute atomic E-state index is 0.0689. The molecule has 2 unspecified atom stereocenters. The molecule has 0 aliphatic carbocycles. The van der Waals surface area contributed by atoms with E-state index in [0.717, 1.165) is 38.5 Å². The molecule has 0 aliphatic rings. The first-order valence-electron chi connectivity index (χ1n) is 13.8. The third kappa shape index (κ3) is 21.0. The Kier molecular flexibility index (Phi) is 20.3. The summed E-state index contributed by atoms with van der Waals surface area (Å²) in [6.07, 6.45) is 15.0.